The molecule has 0 saturated heterocycles. The molecule has 0 aromatic heterocycles. The number of Topliss-reactive ketones (excluding diaryl/α,β-unsaturated/α-hetero) is 1. The summed E-state index contributed by atoms with van der Waals surface area (Å²) in [5.41, 5.74) is 0.562. The Bertz CT molecular complexity index is 841. The van der Waals surface area contributed by atoms with E-state index in [4.69, 9.17) is 4.55 Å². The van der Waals surface area contributed by atoms with E-state index in [1.54, 1.807) is 0 Å². The van der Waals surface area contributed by atoms with Crippen LogP contribution in [0.4, 0.5) is 0 Å². The topological polar surface area (TPSA) is 101 Å². The van der Waals surface area contributed by atoms with E-state index >= 15 is 0 Å². The van der Waals surface area contributed by atoms with Crippen LogP contribution in [0, 0.1) is 40.4 Å². The lowest BCUT2D eigenvalue weighted by Gasteiger charge is -2.59. The van der Waals surface area contributed by atoms with Gasteiger partial charge in [0.25, 0.3) is 10.1 Å². The zero-order chi connectivity index (χ0) is 23.1. The maximum Gasteiger partial charge on any atom is 0.266 e. The fourth-order valence-electron chi connectivity index (χ4n) is 8.46. The number of nitrogens with one attached hydrogen (secondary N) is 1. The van der Waals surface area contributed by atoms with Gasteiger partial charge in [-0.25, -0.2) is 0 Å². The predicted molar refractivity (Wildman–Crippen MR) is 124 cm³/mol. The van der Waals surface area contributed by atoms with Crippen molar-refractivity contribution in [1.82, 2.24) is 5.32 Å². The van der Waals surface area contributed by atoms with Gasteiger partial charge in [-0.2, -0.15) is 8.42 Å². The van der Waals surface area contributed by atoms with Gasteiger partial charge >= 0.3 is 0 Å². The van der Waals surface area contributed by atoms with Gasteiger partial charge in [-0.3, -0.25) is 14.1 Å². The Hall–Kier alpha value is -0.950. The highest BCUT2D eigenvalue weighted by molar-refractivity contribution is 7.85. The number of rotatable bonds is 7. The number of hydrogen-bond acceptors (Lipinski definition) is 4. The molecule has 7 unspecified atom stereocenters. The molecule has 0 spiro atoms. The summed E-state index contributed by atoms with van der Waals surface area (Å²) in [4.78, 5) is 25.4. The molecule has 4 aliphatic rings. The van der Waals surface area contributed by atoms with E-state index in [9.17, 15) is 18.0 Å². The summed E-state index contributed by atoms with van der Waals surface area (Å²) in [6.45, 7) is 4.86. The highest BCUT2D eigenvalue weighted by atomic mass is 32.2. The van der Waals surface area contributed by atoms with Crippen LogP contribution >= 0.6 is 0 Å². The Balaban J connectivity index is 1.34. The fraction of sp³-hybridized carbons (Fsp3) is 0.920. The van der Waals surface area contributed by atoms with Crippen molar-refractivity contribution >= 4 is 21.8 Å². The Kier molecular flexibility index (Phi) is 6.81. The highest BCUT2D eigenvalue weighted by Gasteiger charge is 2.61. The van der Waals surface area contributed by atoms with E-state index in [0.29, 0.717) is 41.3 Å². The van der Waals surface area contributed by atoms with Crippen LogP contribution in [0.25, 0.3) is 0 Å². The molecule has 1 amide bonds. The van der Waals surface area contributed by atoms with Crippen molar-refractivity contribution in [2.45, 2.75) is 90.9 Å². The molecule has 2 N–H and O–H groups in total. The molecule has 0 aromatic rings. The maximum atomic E-state index is 13.4. The minimum absolute atomic E-state index is 0.0498. The van der Waals surface area contributed by atoms with Crippen molar-refractivity contribution in [1.29, 1.82) is 0 Å². The molecule has 7 atom stereocenters. The summed E-state index contributed by atoms with van der Waals surface area (Å²) in [5.74, 6) is 2.43. The van der Waals surface area contributed by atoms with Crippen LogP contribution in [0.3, 0.4) is 0 Å². The zero-order valence-corrected chi connectivity index (χ0v) is 20.6. The molecule has 6 nitrogen and oxygen atoms in total. The van der Waals surface area contributed by atoms with Gasteiger partial charge in [-0.05, 0) is 85.9 Å². The second-order valence-electron chi connectivity index (χ2n) is 11.7. The van der Waals surface area contributed by atoms with Gasteiger partial charge in [0, 0.05) is 25.3 Å². The van der Waals surface area contributed by atoms with E-state index in [0.717, 1.165) is 32.1 Å². The van der Waals surface area contributed by atoms with Gasteiger partial charge in [-0.15, -0.1) is 0 Å². The summed E-state index contributed by atoms with van der Waals surface area (Å²) in [7, 11) is -4.04. The van der Waals surface area contributed by atoms with Gasteiger partial charge in [0.05, 0.1) is 5.75 Å². The molecule has 7 heteroatoms. The molecule has 0 heterocycles. The molecule has 0 aliphatic heterocycles. The smallest absolute Gasteiger partial charge is 0.266 e. The van der Waals surface area contributed by atoms with Crippen molar-refractivity contribution in [2.75, 3.05) is 12.3 Å². The summed E-state index contributed by atoms with van der Waals surface area (Å²) in [5, 5.41) is 2.58. The summed E-state index contributed by atoms with van der Waals surface area (Å²) in [6, 6.07) is 0. The minimum atomic E-state index is -4.04. The molecule has 4 fully saturated rings. The lowest BCUT2D eigenvalue weighted by molar-refractivity contribution is -0.155. The van der Waals surface area contributed by atoms with Crippen molar-refractivity contribution < 1.29 is 22.6 Å². The normalized spacial score (nSPS) is 41.5. The molecule has 0 radical (unpaired) electrons. The largest absolute Gasteiger partial charge is 0.355 e. The fourth-order valence-corrected chi connectivity index (χ4v) is 8.82. The van der Waals surface area contributed by atoms with Crippen molar-refractivity contribution in [3.05, 3.63) is 0 Å². The van der Waals surface area contributed by atoms with Crippen LogP contribution < -0.4 is 5.32 Å². The van der Waals surface area contributed by atoms with Gasteiger partial charge in [0.1, 0.15) is 5.78 Å². The third-order valence-electron chi connectivity index (χ3n) is 10.2. The number of carbonyl (C=O) groups is 2. The Labute approximate surface area is 193 Å². The van der Waals surface area contributed by atoms with Gasteiger partial charge < -0.3 is 5.32 Å². The Morgan fingerprint density at radius 2 is 1.81 bits per heavy atom. The second kappa shape index (κ2) is 9.01. The lowest BCUT2D eigenvalue weighted by atomic mass is 9.44. The Morgan fingerprint density at radius 1 is 1.06 bits per heavy atom. The number of fused-ring (bicyclic) bond motifs is 5. The van der Waals surface area contributed by atoms with Crippen molar-refractivity contribution in [2.24, 2.45) is 40.4 Å². The van der Waals surface area contributed by atoms with Gasteiger partial charge in [0.15, 0.2) is 0 Å². The van der Waals surface area contributed by atoms with Crippen LogP contribution in [0.1, 0.15) is 90.9 Å². The van der Waals surface area contributed by atoms with Crippen LogP contribution in [0.15, 0.2) is 0 Å². The molecular weight excluding hydrogens is 426 g/mol. The van der Waals surface area contributed by atoms with E-state index < -0.39 is 15.9 Å². The molecule has 4 rings (SSSR count). The minimum Gasteiger partial charge on any atom is -0.355 e. The monoisotopic (exact) mass is 467 g/mol. The molecular formula is C25H41NO5S. The van der Waals surface area contributed by atoms with Crippen molar-refractivity contribution in [3.8, 4) is 0 Å². The third-order valence-corrected chi connectivity index (χ3v) is 10.9. The number of ketones is 1. The summed E-state index contributed by atoms with van der Waals surface area (Å²) >= 11 is 0. The SMILES string of the molecule is CC12CCC3C(C(=O)CC4CCCCC43C)C1CCC2CCCC(=O)NCCS(=O)(=O)O. The quantitative estimate of drug-likeness (QED) is 0.541. The van der Waals surface area contributed by atoms with E-state index in [2.05, 4.69) is 19.2 Å². The molecule has 0 bridgehead atoms. The lowest BCUT2D eigenvalue weighted by Crippen LogP contribution is -2.56. The van der Waals surface area contributed by atoms with Crippen LogP contribution in [-0.4, -0.2) is 37.0 Å². The first kappa shape index (κ1) is 24.2. The zero-order valence-electron chi connectivity index (χ0n) is 19.8. The molecule has 4 aliphatic carbocycles. The summed E-state index contributed by atoms with van der Waals surface area (Å²) in [6.07, 6.45) is 12.8. The molecule has 32 heavy (non-hydrogen) atoms. The summed E-state index contributed by atoms with van der Waals surface area (Å²) < 4.78 is 30.3. The highest BCUT2D eigenvalue weighted by Crippen LogP contribution is 2.67. The first-order valence-electron chi connectivity index (χ1n) is 12.8. The number of amides is 1. The van der Waals surface area contributed by atoms with Crippen molar-refractivity contribution in [3.63, 3.8) is 0 Å². The predicted octanol–water partition coefficient (Wildman–Crippen LogP) is 4.39. The van der Waals surface area contributed by atoms with Gasteiger partial charge in [-0.1, -0.05) is 26.7 Å². The average Bonchev–Trinajstić information content (AvgIpc) is 3.04. The number of hydrogen-bond donors (Lipinski definition) is 2. The average molecular weight is 468 g/mol. The van der Waals surface area contributed by atoms with E-state index in [1.165, 1.54) is 38.5 Å². The Morgan fingerprint density at radius 3 is 2.56 bits per heavy atom. The molecule has 0 aromatic carbocycles. The first-order valence-corrected chi connectivity index (χ1v) is 14.4. The first-order chi connectivity index (χ1) is 15.0. The van der Waals surface area contributed by atoms with Crippen LogP contribution in [0.2, 0.25) is 0 Å². The van der Waals surface area contributed by atoms with Crippen LogP contribution in [-0.2, 0) is 19.7 Å². The number of carbonyl (C=O) groups excluding carboxylic acids is 2. The molecule has 4 saturated carbocycles. The second-order valence-corrected chi connectivity index (χ2v) is 13.3. The third kappa shape index (κ3) is 4.53. The van der Waals surface area contributed by atoms with E-state index in [1.807, 2.05) is 0 Å². The maximum absolute atomic E-state index is 13.4. The van der Waals surface area contributed by atoms with Gasteiger partial charge in [0.2, 0.25) is 5.91 Å². The standard InChI is InChI=1S/C25H41NO5S/c1-24-12-4-3-6-18(24)16-21(27)23-19-10-9-17(25(19,2)13-11-20(23)24)7-5-8-22(28)26-14-15-32(29,30)31/h17-20,23H,3-16H2,1-2H3,(H,26,28)(H,29,30,31). The van der Waals surface area contributed by atoms with Crippen LogP contribution in [0.5, 0.6) is 0 Å². The molecule has 182 valence electrons. The van der Waals surface area contributed by atoms with E-state index in [-0.39, 0.29) is 23.8 Å².